The number of ether oxygens (including phenoxy) is 1. The third kappa shape index (κ3) is 6.40. The summed E-state index contributed by atoms with van der Waals surface area (Å²) >= 11 is 0. The summed E-state index contributed by atoms with van der Waals surface area (Å²) in [6.07, 6.45) is 2.72. The van der Waals surface area contributed by atoms with Crippen LogP contribution in [0, 0.1) is 12.8 Å². The summed E-state index contributed by atoms with van der Waals surface area (Å²) < 4.78 is 7.43. The average Bonchev–Trinajstić information content (AvgIpc) is 3.66. The molecule has 3 heterocycles. The van der Waals surface area contributed by atoms with Gasteiger partial charge in [0.15, 0.2) is 5.78 Å². The number of carbonyl (C=O) groups excluding carboxylic acids is 2. The SMILES string of the molecule is Cc1ccc(-n2nc(C(C)(C)C)cc2NC(=O)Nc2ccc(C(C(=O)c3ccc4c(c3)CCO4)C3CCNCC3)cc2)cc1. The summed E-state index contributed by atoms with van der Waals surface area (Å²) in [6, 6.07) is 23.1. The summed E-state index contributed by atoms with van der Waals surface area (Å²) in [7, 11) is 0. The molecule has 3 aromatic carbocycles. The molecule has 0 spiro atoms. The van der Waals surface area contributed by atoms with Gasteiger partial charge in [-0.1, -0.05) is 50.6 Å². The fraction of sp³-hybridized carbons (Fsp3) is 0.361. The van der Waals surface area contributed by atoms with Crippen LogP contribution in [-0.2, 0) is 11.8 Å². The molecule has 1 saturated heterocycles. The normalized spacial score (nSPS) is 15.7. The molecule has 6 rings (SSSR count). The minimum atomic E-state index is -0.363. The summed E-state index contributed by atoms with van der Waals surface area (Å²) in [5.41, 5.74) is 6.17. The second-order valence-corrected chi connectivity index (χ2v) is 13.0. The van der Waals surface area contributed by atoms with Crippen molar-refractivity contribution in [2.75, 3.05) is 30.3 Å². The number of anilines is 2. The number of hydrogen-bond donors (Lipinski definition) is 3. The second kappa shape index (κ2) is 12.3. The Morgan fingerprint density at radius 3 is 2.39 bits per heavy atom. The minimum Gasteiger partial charge on any atom is -0.493 e. The first-order valence-electron chi connectivity index (χ1n) is 15.5. The van der Waals surface area contributed by atoms with Crippen LogP contribution in [0.1, 0.15) is 72.3 Å². The first kappa shape index (κ1) is 29.6. The number of carbonyl (C=O) groups is 2. The number of piperidine rings is 1. The predicted octanol–water partition coefficient (Wildman–Crippen LogP) is 7.02. The van der Waals surface area contributed by atoms with Gasteiger partial charge in [-0.2, -0.15) is 5.10 Å². The third-order valence-corrected chi connectivity index (χ3v) is 8.64. The standard InChI is InChI=1S/C36H41N5O3/c1-23-5-12-29(13-6-23)41-32(22-31(40-41)36(2,3)4)39-35(43)38-28-10-7-24(8-11-28)33(25-15-18-37-19-16-25)34(42)27-9-14-30-26(21-27)17-20-44-30/h5-14,21-22,25,33,37H,15-20H2,1-4H3,(H2,38,39,43). The number of Topliss-reactive ketones (excluding diaryl/α,β-unsaturated/α-hetero) is 1. The van der Waals surface area contributed by atoms with Gasteiger partial charge < -0.3 is 15.4 Å². The summed E-state index contributed by atoms with van der Waals surface area (Å²) in [4.78, 5) is 27.2. The van der Waals surface area contributed by atoms with Gasteiger partial charge >= 0.3 is 6.03 Å². The molecule has 8 heteroatoms. The fourth-order valence-corrected chi connectivity index (χ4v) is 6.11. The number of nitrogens with zero attached hydrogens (tertiary/aromatic N) is 2. The highest BCUT2D eigenvalue weighted by atomic mass is 16.5. The molecule has 2 aliphatic heterocycles. The van der Waals surface area contributed by atoms with Crippen LogP contribution < -0.4 is 20.7 Å². The molecule has 228 valence electrons. The number of ketones is 1. The Balaban J connectivity index is 1.21. The molecule has 0 bridgehead atoms. The molecule has 2 aliphatic rings. The Labute approximate surface area is 259 Å². The van der Waals surface area contributed by atoms with Crippen LogP contribution in [-0.4, -0.2) is 41.3 Å². The molecule has 2 amide bonds. The number of urea groups is 1. The maximum Gasteiger partial charge on any atom is 0.324 e. The van der Waals surface area contributed by atoms with Crippen molar-refractivity contribution in [3.8, 4) is 11.4 Å². The quantitative estimate of drug-likeness (QED) is 0.201. The molecule has 1 atom stereocenters. The molecule has 8 nitrogen and oxygen atoms in total. The highest BCUT2D eigenvalue weighted by Crippen LogP contribution is 2.36. The zero-order valence-electron chi connectivity index (χ0n) is 25.9. The lowest BCUT2D eigenvalue weighted by Gasteiger charge is -2.30. The van der Waals surface area contributed by atoms with Crippen molar-refractivity contribution in [1.29, 1.82) is 0 Å². The Kier molecular flexibility index (Phi) is 8.27. The molecule has 0 aliphatic carbocycles. The summed E-state index contributed by atoms with van der Waals surface area (Å²) in [5.74, 6) is 1.60. The topological polar surface area (TPSA) is 97.3 Å². The number of aryl methyl sites for hydroxylation is 1. The van der Waals surface area contributed by atoms with Crippen molar-refractivity contribution in [1.82, 2.24) is 15.1 Å². The number of rotatable bonds is 7. The number of hydrogen-bond acceptors (Lipinski definition) is 5. The molecule has 1 aromatic heterocycles. The molecular weight excluding hydrogens is 550 g/mol. The number of fused-ring (bicyclic) bond motifs is 1. The zero-order valence-corrected chi connectivity index (χ0v) is 25.9. The molecular formula is C36H41N5O3. The van der Waals surface area contributed by atoms with Crippen LogP contribution in [0.2, 0.25) is 0 Å². The Bertz CT molecular complexity index is 1640. The van der Waals surface area contributed by atoms with Crippen molar-refractivity contribution in [2.45, 2.75) is 58.3 Å². The van der Waals surface area contributed by atoms with E-state index < -0.39 is 0 Å². The first-order valence-corrected chi connectivity index (χ1v) is 15.5. The fourth-order valence-electron chi connectivity index (χ4n) is 6.11. The van der Waals surface area contributed by atoms with Gasteiger partial charge in [0, 0.05) is 29.2 Å². The van der Waals surface area contributed by atoms with Crippen LogP contribution >= 0.6 is 0 Å². The monoisotopic (exact) mass is 591 g/mol. The highest BCUT2D eigenvalue weighted by molar-refractivity contribution is 6.02. The maximum absolute atomic E-state index is 14.0. The van der Waals surface area contributed by atoms with E-state index in [0.29, 0.717) is 18.1 Å². The third-order valence-electron chi connectivity index (χ3n) is 8.64. The smallest absolute Gasteiger partial charge is 0.324 e. The van der Waals surface area contributed by atoms with Crippen LogP contribution in [0.25, 0.3) is 5.69 Å². The number of aromatic nitrogens is 2. The molecule has 0 radical (unpaired) electrons. The van der Waals surface area contributed by atoms with E-state index >= 15 is 0 Å². The van der Waals surface area contributed by atoms with E-state index in [1.807, 2.05) is 79.7 Å². The van der Waals surface area contributed by atoms with Gasteiger partial charge in [0.05, 0.1) is 23.9 Å². The maximum atomic E-state index is 14.0. The molecule has 0 saturated carbocycles. The number of benzene rings is 3. The summed E-state index contributed by atoms with van der Waals surface area (Å²) in [6.45, 7) is 10.8. The van der Waals surface area contributed by atoms with Gasteiger partial charge in [-0.15, -0.1) is 0 Å². The highest BCUT2D eigenvalue weighted by Gasteiger charge is 2.32. The largest absolute Gasteiger partial charge is 0.493 e. The van der Waals surface area contributed by atoms with Crippen LogP contribution in [0.5, 0.6) is 5.75 Å². The molecule has 44 heavy (non-hydrogen) atoms. The van der Waals surface area contributed by atoms with Crippen molar-refractivity contribution >= 4 is 23.3 Å². The lowest BCUT2D eigenvalue weighted by Crippen LogP contribution is -2.33. The zero-order chi connectivity index (χ0) is 30.8. The van der Waals surface area contributed by atoms with Crippen LogP contribution in [0.3, 0.4) is 0 Å². The van der Waals surface area contributed by atoms with E-state index in [1.165, 1.54) is 0 Å². The van der Waals surface area contributed by atoms with E-state index in [1.54, 1.807) is 4.68 Å². The van der Waals surface area contributed by atoms with E-state index in [9.17, 15) is 9.59 Å². The van der Waals surface area contributed by atoms with E-state index in [0.717, 1.165) is 71.7 Å². The van der Waals surface area contributed by atoms with Gasteiger partial charge in [-0.05, 0) is 92.4 Å². The van der Waals surface area contributed by atoms with Crippen molar-refractivity contribution in [3.05, 3.63) is 101 Å². The Morgan fingerprint density at radius 2 is 1.68 bits per heavy atom. The van der Waals surface area contributed by atoms with Gasteiger partial charge in [-0.25, -0.2) is 9.48 Å². The van der Waals surface area contributed by atoms with E-state index in [2.05, 4.69) is 36.7 Å². The van der Waals surface area contributed by atoms with Crippen LogP contribution in [0.15, 0.2) is 72.8 Å². The molecule has 1 unspecified atom stereocenters. The van der Waals surface area contributed by atoms with Gasteiger partial charge in [-0.3, -0.25) is 10.1 Å². The van der Waals surface area contributed by atoms with Gasteiger partial charge in [0.25, 0.3) is 0 Å². The van der Waals surface area contributed by atoms with Gasteiger partial charge in [0.2, 0.25) is 0 Å². The lowest BCUT2D eigenvalue weighted by molar-refractivity contribution is 0.0916. The van der Waals surface area contributed by atoms with Crippen LogP contribution in [0.4, 0.5) is 16.3 Å². The van der Waals surface area contributed by atoms with E-state index in [-0.39, 0.29) is 29.1 Å². The number of nitrogens with one attached hydrogen (secondary N) is 3. The van der Waals surface area contributed by atoms with Crippen molar-refractivity contribution in [2.24, 2.45) is 5.92 Å². The minimum absolute atomic E-state index is 0.143. The lowest BCUT2D eigenvalue weighted by atomic mass is 9.76. The molecule has 3 N–H and O–H groups in total. The van der Waals surface area contributed by atoms with E-state index in [4.69, 9.17) is 9.84 Å². The Hall–Kier alpha value is -4.43. The summed E-state index contributed by atoms with van der Waals surface area (Å²) in [5, 5.41) is 14.2. The van der Waals surface area contributed by atoms with Gasteiger partial charge in [0.1, 0.15) is 11.6 Å². The first-order chi connectivity index (χ1) is 21.2. The second-order valence-electron chi connectivity index (χ2n) is 13.0. The molecule has 4 aromatic rings. The predicted molar refractivity (Wildman–Crippen MR) is 174 cm³/mol. The number of amides is 2. The Morgan fingerprint density at radius 1 is 0.955 bits per heavy atom. The van der Waals surface area contributed by atoms with Crippen molar-refractivity contribution in [3.63, 3.8) is 0 Å². The average molecular weight is 592 g/mol. The molecule has 1 fully saturated rings. The van der Waals surface area contributed by atoms with Crippen molar-refractivity contribution < 1.29 is 14.3 Å².